The van der Waals surface area contributed by atoms with E-state index < -0.39 is 6.09 Å². The lowest BCUT2D eigenvalue weighted by Crippen LogP contribution is -2.40. The molecular formula is C14H21N3O3. The number of hydrogen-bond acceptors (Lipinski definition) is 3. The van der Waals surface area contributed by atoms with Crippen LogP contribution in [0, 0.1) is 6.92 Å². The third-order valence-electron chi connectivity index (χ3n) is 3.64. The van der Waals surface area contributed by atoms with E-state index in [9.17, 15) is 4.79 Å². The second-order valence-corrected chi connectivity index (χ2v) is 5.05. The highest BCUT2D eigenvalue weighted by Crippen LogP contribution is 2.27. The molecule has 1 N–H and O–H groups in total. The molecule has 2 rings (SSSR count). The summed E-state index contributed by atoms with van der Waals surface area (Å²) in [4.78, 5) is 12.5. The van der Waals surface area contributed by atoms with Crippen molar-refractivity contribution in [3.05, 3.63) is 23.5 Å². The van der Waals surface area contributed by atoms with Gasteiger partial charge in [-0.15, -0.1) is 0 Å². The Hall–Kier alpha value is -1.82. The molecule has 0 radical (unpaired) electrons. The van der Waals surface area contributed by atoms with Crippen molar-refractivity contribution in [1.82, 2.24) is 14.7 Å². The van der Waals surface area contributed by atoms with E-state index in [2.05, 4.69) is 5.10 Å². The van der Waals surface area contributed by atoms with Gasteiger partial charge in [0.05, 0.1) is 31.1 Å². The first-order valence-electron chi connectivity index (χ1n) is 6.76. The van der Waals surface area contributed by atoms with Crippen LogP contribution >= 0.6 is 0 Å². The van der Waals surface area contributed by atoms with Gasteiger partial charge in [0.25, 0.3) is 0 Å². The van der Waals surface area contributed by atoms with Crippen LogP contribution in [0.2, 0.25) is 0 Å². The number of amides is 1. The van der Waals surface area contributed by atoms with Gasteiger partial charge in [-0.05, 0) is 31.4 Å². The Morgan fingerprint density at radius 2 is 2.35 bits per heavy atom. The molecule has 0 aromatic carbocycles. The third kappa shape index (κ3) is 2.85. The average molecular weight is 279 g/mol. The van der Waals surface area contributed by atoms with E-state index in [-0.39, 0.29) is 6.04 Å². The lowest BCUT2D eigenvalue weighted by molar-refractivity contribution is 0.136. The maximum atomic E-state index is 11.1. The molecule has 1 aromatic rings. The van der Waals surface area contributed by atoms with Gasteiger partial charge in [-0.2, -0.15) is 5.10 Å². The summed E-state index contributed by atoms with van der Waals surface area (Å²) in [5, 5.41) is 13.5. The highest BCUT2D eigenvalue weighted by Gasteiger charge is 2.25. The van der Waals surface area contributed by atoms with Crippen molar-refractivity contribution in [2.24, 2.45) is 0 Å². The SMILES string of the molecule is COCCn1ncc(C)c1C1=CC(C)N(C(=O)O)CC1. The van der Waals surface area contributed by atoms with E-state index in [1.807, 2.05) is 30.8 Å². The van der Waals surface area contributed by atoms with Crippen molar-refractivity contribution < 1.29 is 14.6 Å². The molecule has 1 aromatic heterocycles. The molecule has 20 heavy (non-hydrogen) atoms. The lowest BCUT2D eigenvalue weighted by atomic mass is 9.98. The van der Waals surface area contributed by atoms with Crippen LogP contribution in [-0.2, 0) is 11.3 Å². The fourth-order valence-corrected chi connectivity index (χ4v) is 2.62. The van der Waals surface area contributed by atoms with Crippen molar-refractivity contribution in [1.29, 1.82) is 0 Å². The zero-order chi connectivity index (χ0) is 14.7. The van der Waals surface area contributed by atoms with Crippen molar-refractivity contribution in [3.63, 3.8) is 0 Å². The standard InChI is InChI=1S/C14H21N3O3/c1-10-9-15-17(6-7-20-3)13(10)12-4-5-16(14(18)19)11(2)8-12/h8-9,11H,4-7H2,1-3H3,(H,18,19). The molecule has 0 saturated carbocycles. The Morgan fingerprint density at radius 1 is 1.60 bits per heavy atom. The van der Waals surface area contributed by atoms with Crippen molar-refractivity contribution >= 4 is 11.7 Å². The summed E-state index contributed by atoms with van der Waals surface area (Å²) in [7, 11) is 1.67. The van der Waals surface area contributed by atoms with E-state index in [4.69, 9.17) is 9.84 Å². The maximum absolute atomic E-state index is 11.1. The number of aromatic nitrogens is 2. The predicted molar refractivity (Wildman–Crippen MR) is 75.6 cm³/mol. The Kier molecular flexibility index (Phi) is 4.44. The highest BCUT2D eigenvalue weighted by atomic mass is 16.5. The van der Waals surface area contributed by atoms with Crippen molar-refractivity contribution in [2.45, 2.75) is 32.9 Å². The minimum atomic E-state index is -0.864. The highest BCUT2D eigenvalue weighted by molar-refractivity contribution is 5.72. The van der Waals surface area contributed by atoms with E-state index in [0.717, 1.165) is 17.7 Å². The summed E-state index contributed by atoms with van der Waals surface area (Å²) in [5.41, 5.74) is 3.38. The molecule has 1 atom stereocenters. The molecule has 0 fully saturated rings. The van der Waals surface area contributed by atoms with Crippen LogP contribution in [0.4, 0.5) is 4.79 Å². The summed E-state index contributed by atoms with van der Waals surface area (Å²) >= 11 is 0. The average Bonchev–Trinajstić information content (AvgIpc) is 2.77. The number of nitrogens with zero attached hydrogens (tertiary/aromatic N) is 3. The summed E-state index contributed by atoms with van der Waals surface area (Å²) in [6, 6.07) is -0.110. The Balaban J connectivity index is 2.26. The predicted octanol–water partition coefficient (Wildman–Crippen LogP) is 1.99. The Morgan fingerprint density at radius 3 is 2.95 bits per heavy atom. The maximum Gasteiger partial charge on any atom is 0.407 e. The van der Waals surface area contributed by atoms with Crippen molar-refractivity contribution in [2.75, 3.05) is 20.3 Å². The molecule has 6 nitrogen and oxygen atoms in total. The minimum absolute atomic E-state index is 0.110. The van der Waals surface area contributed by atoms with E-state index >= 15 is 0 Å². The molecular weight excluding hydrogens is 258 g/mol. The molecule has 1 aliphatic heterocycles. The quantitative estimate of drug-likeness (QED) is 0.915. The first-order valence-corrected chi connectivity index (χ1v) is 6.76. The van der Waals surface area contributed by atoms with Crippen LogP contribution < -0.4 is 0 Å². The molecule has 2 heterocycles. The molecule has 6 heteroatoms. The molecule has 1 unspecified atom stereocenters. The number of methoxy groups -OCH3 is 1. The lowest BCUT2D eigenvalue weighted by Gasteiger charge is -2.30. The smallest absolute Gasteiger partial charge is 0.407 e. The van der Waals surface area contributed by atoms with Crippen LogP contribution in [0.5, 0.6) is 0 Å². The van der Waals surface area contributed by atoms with Gasteiger partial charge in [-0.25, -0.2) is 4.79 Å². The first-order chi connectivity index (χ1) is 9.54. The van der Waals surface area contributed by atoms with E-state index in [1.54, 1.807) is 7.11 Å². The topological polar surface area (TPSA) is 67.6 Å². The van der Waals surface area contributed by atoms with Crippen LogP contribution in [0.3, 0.4) is 0 Å². The number of hydrogen-bond donors (Lipinski definition) is 1. The molecule has 1 amide bonds. The molecule has 110 valence electrons. The number of carbonyl (C=O) groups is 1. The molecule has 0 saturated heterocycles. The number of aryl methyl sites for hydroxylation is 1. The number of ether oxygens (including phenoxy) is 1. The van der Waals surface area contributed by atoms with Crippen LogP contribution in [-0.4, -0.2) is 52.2 Å². The van der Waals surface area contributed by atoms with Crippen LogP contribution in [0.15, 0.2) is 12.3 Å². The van der Waals surface area contributed by atoms with E-state index in [1.165, 1.54) is 10.5 Å². The monoisotopic (exact) mass is 279 g/mol. The Labute approximate surface area is 118 Å². The van der Waals surface area contributed by atoms with Gasteiger partial charge in [0, 0.05) is 13.7 Å². The van der Waals surface area contributed by atoms with Gasteiger partial charge in [0.2, 0.25) is 0 Å². The zero-order valence-electron chi connectivity index (χ0n) is 12.2. The summed E-state index contributed by atoms with van der Waals surface area (Å²) in [5.74, 6) is 0. The third-order valence-corrected chi connectivity index (χ3v) is 3.64. The van der Waals surface area contributed by atoms with Crippen LogP contribution in [0.1, 0.15) is 24.6 Å². The van der Waals surface area contributed by atoms with Gasteiger partial charge in [-0.3, -0.25) is 4.68 Å². The fourth-order valence-electron chi connectivity index (χ4n) is 2.62. The van der Waals surface area contributed by atoms with Gasteiger partial charge < -0.3 is 14.7 Å². The second kappa shape index (κ2) is 6.09. The number of carboxylic acid groups (broad SMARTS) is 1. The minimum Gasteiger partial charge on any atom is -0.465 e. The second-order valence-electron chi connectivity index (χ2n) is 5.05. The summed E-state index contributed by atoms with van der Waals surface area (Å²) < 4.78 is 7.04. The number of rotatable bonds is 4. The summed E-state index contributed by atoms with van der Waals surface area (Å²) in [6.45, 7) is 5.77. The van der Waals surface area contributed by atoms with Gasteiger partial charge in [0.1, 0.15) is 0 Å². The van der Waals surface area contributed by atoms with Crippen molar-refractivity contribution in [3.8, 4) is 0 Å². The molecule has 0 spiro atoms. The fraction of sp³-hybridized carbons (Fsp3) is 0.571. The molecule has 1 aliphatic rings. The van der Waals surface area contributed by atoms with E-state index in [0.29, 0.717) is 19.7 Å². The molecule has 0 aliphatic carbocycles. The largest absolute Gasteiger partial charge is 0.465 e. The normalized spacial score (nSPS) is 19.1. The van der Waals surface area contributed by atoms with Gasteiger partial charge in [-0.1, -0.05) is 6.08 Å². The summed E-state index contributed by atoms with van der Waals surface area (Å²) in [6.07, 6.45) is 3.72. The first kappa shape index (κ1) is 14.6. The van der Waals surface area contributed by atoms with Crippen LogP contribution in [0.25, 0.3) is 5.57 Å². The zero-order valence-corrected chi connectivity index (χ0v) is 12.2. The molecule has 0 bridgehead atoms. The van der Waals surface area contributed by atoms with Gasteiger partial charge in [0.15, 0.2) is 0 Å². The Bertz CT molecular complexity index is 522. The van der Waals surface area contributed by atoms with Gasteiger partial charge >= 0.3 is 6.09 Å².